The van der Waals surface area contributed by atoms with Gasteiger partial charge in [0.15, 0.2) is 0 Å². The fraction of sp³-hybridized carbons (Fsp3) is 0.400. The summed E-state index contributed by atoms with van der Waals surface area (Å²) in [5.74, 6) is 0. The third kappa shape index (κ3) is 3.58. The van der Waals surface area contributed by atoms with E-state index in [-0.39, 0.29) is 6.04 Å². The van der Waals surface area contributed by atoms with E-state index in [9.17, 15) is 0 Å². The molecule has 0 saturated carbocycles. The van der Waals surface area contributed by atoms with Crippen molar-refractivity contribution in [3.63, 3.8) is 0 Å². The average Bonchev–Trinajstić information content (AvgIpc) is 2.84. The van der Waals surface area contributed by atoms with Crippen molar-refractivity contribution in [2.45, 2.75) is 32.4 Å². The molecule has 4 heteroatoms. The fourth-order valence-corrected chi connectivity index (χ4v) is 2.33. The molecule has 2 rings (SSSR count). The number of nitrogens with one attached hydrogen (secondary N) is 1. The lowest BCUT2D eigenvalue weighted by molar-refractivity contribution is 0.456. The van der Waals surface area contributed by atoms with E-state index < -0.39 is 0 Å². The SMILES string of the molecule is CCC(NC(C)c1cnn(C)c1)c1ccc(Cl)cc1. The first kappa shape index (κ1) is 14.1. The maximum atomic E-state index is 5.93. The Kier molecular flexibility index (Phi) is 4.61. The molecule has 0 spiro atoms. The molecule has 0 radical (unpaired) electrons. The van der Waals surface area contributed by atoms with E-state index >= 15 is 0 Å². The van der Waals surface area contributed by atoms with E-state index in [0.29, 0.717) is 6.04 Å². The number of hydrogen-bond acceptors (Lipinski definition) is 2. The largest absolute Gasteiger partial charge is 0.303 e. The summed E-state index contributed by atoms with van der Waals surface area (Å²) < 4.78 is 1.83. The highest BCUT2D eigenvalue weighted by atomic mass is 35.5. The Labute approximate surface area is 119 Å². The zero-order valence-electron chi connectivity index (χ0n) is 11.6. The summed E-state index contributed by atoms with van der Waals surface area (Å²) in [5.41, 5.74) is 2.47. The van der Waals surface area contributed by atoms with Gasteiger partial charge in [-0.2, -0.15) is 5.10 Å². The van der Waals surface area contributed by atoms with Crippen LogP contribution in [-0.4, -0.2) is 9.78 Å². The number of aromatic nitrogens is 2. The smallest absolute Gasteiger partial charge is 0.0537 e. The summed E-state index contributed by atoms with van der Waals surface area (Å²) in [5, 5.41) is 8.63. The highest BCUT2D eigenvalue weighted by Crippen LogP contribution is 2.23. The van der Waals surface area contributed by atoms with Crippen molar-refractivity contribution in [1.29, 1.82) is 0 Å². The van der Waals surface area contributed by atoms with E-state index in [0.717, 1.165) is 11.4 Å². The van der Waals surface area contributed by atoms with Gasteiger partial charge >= 0.3 is 0 Å². The predicted molar refractivity (Wildman–Crippen MR) is 79.2 cm³/mol. The van der Waals surface area contributed by atoms with Gasteiger partial charge in [0.05, 0.1) is 6.20 Å². The molecule has 0 bridgehead atoms. The second-order valence-electron chi connectivity index (χ2n) is 4.85. The molecule has 2 unspecified atom stereocenters. The first-order chi connectivity index (χ1) is 9.10. The summed E-state index contributed by atoms with van der Waals surface area (Å²) in [6, 6.07) is 8.65. The molecular weight excluding hydrogens is 258 g/mol. The lowest BCUT2D eigenvalue weighted by atomic mass is 10.0. The monoisotopic (exact) mass is 277 g/mol. The number of hydrogen-bond donors (Lipinski definition) is 1. The number of nitrogens with zero attached hydrogens (tertiary/aromatic N) is 2. The highest BCUT2D eigenvalue weighted by molar-refractivity contribution is 6.30. The molecule has 1 aromatic heterocycles. The number of benzene rings is 1. The topological polar surface area (TPSA) is 29.9 Å². The second kappa shape index (κ2) is 6.22. The van der Waals surface area contributed by atoms with Gasteiger partial charge in [-0.05, 0) is 31.0 Å². The van der Waals surface area contributed by atoms with Crippen molar-refractivity contribution in [3.8, 4) is 0 Å². The Morgan fingerprint density at radius 2 is 1.95 bits per heavy atom. The summed E-state index contributed by atoms with van der Waals surface area (Å²) in [7, 11) is 1.94. The van der Waals surface area contributed by atoms with Gasteiger partial charge in [-0.3, -0.25) is 4.68 Å². The van der Waals surface area contributed by atoms with Gasteiger partial charge in [0.1, 0.15) is 0 Å². The van der Waals surface area contributed by atoms with Crippen molar-refractivity contribution >= 4 is 11.6 Å². The lowest BCUT2D eigenvalue weighted by Gasteiger charge is -2.22. The van der Waals surface area contributed by atoms with Crippen LogP contribution in [0.25, 0.3) is 0 Å². The standard InChI is InChI=1S/C15H20ClN3/c1-4-15(12-5-7-14(16)8-6-12)18-11(2)13-9-17-19(3)10-13/h5-11,15,18H,4H2,1-3H3. The molecule has 1 heterocycles. The highest BCUT2D eigenvalue weighted by Gasteiger charge is 2.14. The van der Waals surface area contributed by atoms with Gasteiger partial charge in [-0.1, -0.05) is 30.7 Å². The van der Waals surface area contributed by atoms with E-state index in [1.165, 1.54) is 11.1 Å². The van der Waals surface area contributed by atoms with Gasteiger partial charge in [0.2, 0.25) is 0 Å². The summed E-state index contributed by atoms with van der Waals surface area (Å²) in [4.78, 5) is 0. The van der Waals surface area contributed by atoms with Crippen LogP contribution in [0.5, 0.6) is 0 Å². The van der Waals surface area contributed by atoms with Crippen molar-refractivity contribution < 1.29 is 0 Å². The van der Waals surface area contributed by atoms with E-state index in [1.54, 1.807) is 0 Å². The minimum atomic E-state index is 0.273. The zero-order chi connectivity index (χ0) is 13.8. The van der Waals surface area contributed by atoms with Crippen molar-refractivity contribution in [3.05, 3.63) is 52.8 Å². The Bertz CT molecular complexity index is 518. The van der Waals surface area contributed by atoms with Gasteiger partial charge in [-0.25, -0.2) is 0 Å². The van der Waals surface area contributed by atoms with Crippen LogP contribution in [0.4, 0.5) is 0 Å². The molecular formula is C15H20ClN3. The van der Waals surface area contributed by atoms with Crippen LogP contribution in [0.15, 0.2) is 36.7 Å². The molecule has 2 atom stereocenters. The lowest BCUT2D eigenvalue weighted by Crippen LogP contribution is -2.24. The van der Waals surface area contributed by atoms with Gasteiger partial charge in [0.25, 0.3) is 0 Å². The average molecular weight is 278 g/mol. The zero-order valence-corrected chi connectivity index (χ0v) is 12.4. The van der Waals surface area contributed by atoms with Crippen LogP contribution >= 0.6 is 11.6 Å². The molecule has 0 amide bonds. The normalized spacial score (nSPS) is 14.3. The van der Waals surface area contributed by atoms with Crippen LogP contribution in [0.1, 0.15) is 43.5 Å². The first-order valence-electron chi connectivity index (χ1n) is 6.60. The number of halogens is 1. The summed E-state index contributed by atoms with van der Waals surface area (Å²) in [6.45, 7) is 4.35. The summed E-state index contributed by atoms with van der Waals surface area (Å²) >= 11 is 5.93. The molecule has 3 nitrogen and oxygen atoms in total. The maximum Gasteiger partial charge on any atom is 0.0537 e. The van der Waals surface area contributed by atoms with Crippen LogP contribution in [0.3, 0.4) is 0 Å². The van der Waals surface area contributed by atoms with Crippen molar-refractivity contribution in [2.75, 3.05) is 0 Å². The molecule has 1 N–H and O–H groups in total. The second-order valence-corrected chi connectivity index (χ2v) is 5.28. The van der Waals surface area contributed by atoms with E-state index in [1.807, 2.05) is 36.3 Å². The van der Waals surface area contributed by atoms with Crippen molar-refractivity contribution in [1.82, 2.24) is 15.1 Å². The molecule has 0 aliphatic heterocycles. The van der Waals surface area contributed by atoms with Crippen molar-refractivity contribution in [2.24, 2.45) is 7.05 Å². The van der Waals surface area contributed by atoms with Crippen LogP contribution < -0.4 is 5.32 Å². The Morgan fingerprint density at radius 3 is 2.47 bits per heavy atom. The third-order valence-electron chi connectivity index (χ3n) is 3.36. The molecule has 0 aliphatic rings. The van der Waals surface area contributed by atoms with E-state index in [2.05, 4.69) is 36.4 Å². The third-order valence-corrected chi connectivity index (χ3v) is 3.61. The quantitative estimate of drug-likeness (QED) is 0.899. The Balaban J connectivity index is 2.08. The first-order valence-corrected chi connectivity index (χ1v) is 6.98. The minimum absolute atomic E-state index is 0.273. The van der Waals surface area contributed by atoms with Gasteiger partial charge in [0, 0.05) is 35.9 Å². The van der Waals surface area contributed by atoms with Gasteiger partial charge in [-0.15, -0.1) is 0 Å². The molecule has 2 aromatic rings. The summed E-state index contributed by atoms with van der Waals surface area (Å²) in [6.07, 6.45) is 4.99. The minimum Gasteiger partial charge on any atom is -0.303 e. The molecule has 0 aliphatic carbocycles. The Hall–Kier alpha value is -1.32. The molecule has 19 heavy (non-hydrogen) atoms. The molecule has 102 valence electrons. The number of aryl methyl sites for hydroxylation is 1. The molecule has 0 fully saturated rings. The molecule has 1 aromatic carbocycles. The molecule has 0 saturated heterocycles. The Morgan fingerprint density at radius 1 is 1.26 bits per heavy atom. The van der Waals surface area contributed by atoms with Gasteiger partial charge < -0.3 is 5.32 Å². The van der Waals surface area contributed by atoms with E-state index in [4.69, 9.17) is 11.6 Å². The van der Waals surface area contributed by atoms with Crippen LogP contribution in [-0.2, 0) is 7.05 Å². The fourth-order valence-electron chi connectivity index (χ4n) is 2.21. The predicted octanol–water partition coefficient (Wildman–Crippen LogP) is 3.88. The maximum absolute atomic E-state index is 5.93. The number of rotatable bonds is 5. The van der Waals surface area contributed by atoms with Crippen LogP contribution in [0, 0.1) is 0 Å². The van der Waals surface area contributed by atoms with Crippen LogP contribution in [0.2, 0.25) is 5.02 Å².